The van der Waals surface area contributed by atoms with Gasteiger partial charge in [0.2, 0.25) is 11.8 Å². The predicted molar refractivity (Wildman–Crippen MR) is 83.2 cm³/mol. The van der Waals surface area contributed by atoms with Crippen molar-refractivity contribution in [3.05, 3.63) is 47.6 Å². The van der Waals surface area contributed by atoms with Gasteiger partial charge < -0.3 is 14.1 Å². The van der Waals surface area contributed by atoms with E-state index in [1.165, 1.54) is 17.3 Å². The van der Waals surface area contributed by atoms with Crippen molar-refractivity contribution < 1.29 is 9.52 Å². The summed E-state index contributed by atoms with van der Waals surface area (Å²) in [4.78, 5) is 4.25. The Balaban J connectivity index is 1.69. The lowest BCUT2D eigenvalue weighted by atomic mass is 10.1. The Morgan fingerprint density at radius 1 is 1.23 bits per heavy atom. The Morgan fingerprint density at radius 3 is 2.68 bits per heavy atom. The Bertz CT molecular complexity index is 764. The molecule has 0 atom stereocenters. The van der Waals surface area contributed by atoms with Crippen LogP contribution in [0, 0.1) is 6.92 Å². The molecule has 0 aliphatic heterocycles. The van der Waals surface area contributed by atoms with Crippen LogP contribution < -0.4 is 0 Å². The number of hydrogen-bond donors (Lipinski definition) is 1. The zero-order valence-corrected chi connectivity index (χ0v) is 13.2. The van der Waals surface area contributed by atoms with Gasteiger partial charge in [-0.05, 0) is 19.1 Å². The summed E-state index contributed by atoms with van der Waals surface area (Å²) in [6, 6.07) is 7.95. The molecule has 1 aromatic carbocycles. The van der Waals surface area contributed by atoms with Crippen LogP contribution in [0.15, 0.2) is 40.0 Å². The van der Waals surface area contributed by atoms with E-state index in [0.29, 0.717) is 17.5 Å². The Labute approximate surface area is 132 Å². The van der Waals surface area contributed by atoms with Crippen molar-refractivity contribution in [1.82, 2.24) is 19.7 Å². The van der Waals surface area contributed by atoms with Crippen LogP contribution in [0.1, 0.15) is 17.1 Å². The molecule has 0 radical (unpaired) electrons. The third-order valence-corrected chi connectivity index (χ3v) is 4.32. The van der Waals surface area contributed by atoms with Crippen LogP contribution >= 0.6 is 11.8 Å². The van der Waals surface area contributed by atoms with Crippen molar-refractivity contribution in [2.75, 3.05) is 0 Å². The van der Waals surface area contributed by atoms with E-state index in [9.17, 15) is 0 Å². The quantitative estimate of drug-likeness (QED) is 0.729. The molecule has 3 rings (SSSR count). The summed E-state index contributed by atoms with van der Waals surface area (Å²) in [6.07, 6.45) is 1.66. The monoisotopic (exact) mass is 316 g/mol. The lowest BCUT2D eigenvalue weighted by molar-refractivity contribution is 0.271. The van der Waals surface area contributed by atoms with Gasteiger partial charge in [-0.2, -0.15) is 0 Å². The third-order valence-electron chi connectivity index (χ3n) is 3.29. The van der Waals surface area contributed by atoms with E-state index in [0.717, 1.165) is 16.4 Å². The molecule has 0 aliphatic carbocycles. The predicted octanol–water partition coefficient (Wildman–Crippen LogP) is 2.56. The summed E-state index contributed by atoms with van der Waals surface area (Å²) in [7, 11) is 1.87. The lowest BCUT2D eigenvalue weighted by Crippen LogP contribution is -1.97. The van der Waals surface area contributed by atoms with Gasteiger partial charge in [-0.15, -0.1) is 10.2 Å². The van der Waals surface area contributed by atoms with Crippen LogP contribution in [0.25, 0.3) is 11.5 Å². The molecule has 0 saturated heterocycles. The van der Waals surface area contributed by atoms with Crippen molar-refractivity contribution in [2.45, 2.75) is 24.4 Å². The molecule has 1 N–H and O–H groups in total. The number of aliphatic hydroxyl groups excluding tert-OH is 1. The minimum atomic E-state index is -0.0256. The minimum absolute atomic E-state index is 0.0256. The highest BCUT2D eigenvalue weighted by molar-refractivity contribution is 7.98. The fourth-order valence-electron chi connectivity index (χ4n) is 1.96. The fraction of sp³-hybridized carbons (Fsp3) is 0.267. The molecular formula is C15H16N4O2S. The molecule has 22 heavy (non-hydrogen) atoms. The molecule has 0 fully saturated rings. The summed E-state index contributed by atoms with van der Waals surface area (Å²) in [5.74, 6) is 1.61. The number of hydrogen-bond acceptors (Lipinski definition) is 6. The maximum Gasteiger partial charge on any atom is 0.247 e. The average Bonchev–Trinajstić information content (AvgIpc) is 3.13. The van der Waals surface area contributed by atoms with Crippen LogP contribution in [0.2, 0.25) is 0 Å². The molecule has 0 bridgehead atoms. The van der Waals surface area contributed by atoms with Gasteiger partial charge >= 0.3 is 0 Å². The van der Waals surface area contributed by atoms with Gasteiger partial charge in [-0.25, -0.2) is 4.98 Å². The number of benzene rings is 1. The highest BCUT2D eigenvalue weighted by Gasteiger charge is 2.11. The third kappa shape index (κ3) is 3.05. The Kier molecular flexibility index (Phi) is 4.26. The van der Waals surface area contributed by atoms with E-state index in [2.05, 4.69) is 15.2 Å². The van der Waals surface area contributed by atoms with Crippen molar-refractivity contribution in [3.8, 4) is 11.5 Å². The standard InChI is InChI=1S/C15H16N4O2S/c1-10-3-5-11(6-4-10)14-18-17-13(21-14)9-22-15-16-7-12(8-20)19(15)2/h3-7,20H,8-9H2,1-2H3. The molecule has 0 saturated carbocycles. The zero-order chi connectivity index (χ0) is 15.5. The first-order valence-electron chi connectivity index (χ1n) is 6.81. The molecule has 2 heterocycles. The first-order chi connectivity index (χ1) is 10.7. The highest BCUT2D eigenvalue weighted by atomic mass is 32.2. The van der Waals surface area contributed by atoms with Gasteiger partial charge in [0.25, 0.3) is 0 Å². The summed E-state index contributed by atoms with van der Waals surface area (Å²) in [5.41, 5.74) is 2.87. The van der Waals surface area contributed by atoms with E-state index < -0.39 is 0 Å². The molecule has 7 heteroatoms. The number of rotatable bonds is 5. The summed E-state index contributed by atoms with van der Waals surface area (Å²) >= 11 is 1.49. The van der Waals surface area contributed by atoms with Crippen LogP contribution in [0.4, 0.5) is 0 Å². The largest absolute Gasteiger partial charge is 0.420 e. The molecule has 0 amide bonds. The van der Waals surface area contributed by atoms with Crippen LogP contribution in [0.3, 0.4) is 0 Å². The zero-order valence-electron chi connectivity index (χ0n) is 12.4. The molecule has 6 nitrogen and oxygen atoms in total. The van der Waals surface area contributed by atoms with Gasteiger partial charge in [0.15, 0.2) is 5.16 Å². The van der Waals surface area contributed by atoms with E-state index in [-0.39, 0.29) is 6.61 Å². The number of aliphatic hydroxyl groups is 1. The van der Waals surface area contributed by atoms with Crippen molar-refractivity contribution >= 4 is 11.8 Å². The van der Waals surface area contributed by atoms with Gasteiger partial charge in [0, 0.05) is 12.6 Å². The van der Waals surface area contributed by atoms with Crippen molar-refractivity contribution in [2.24, 2.45) is 7.05 Å². The Hall–Kier alpha value is -2.12. The number of thioether (sulfide) groups is 1. The van der Waals surface area contributed by atoms with E-state index in [1.807, 2.05) is 42.8 Å². The van der Waals surface area contributed by atoms with Crippen LogP contribution in [-0.2, 0) is 19.4 Å². The summed E-state index contributed by atoms with van der Waals surface area (Å²) in [6.45, 7) is 2.01. The summed E-state index contributed by atoms with van der Waals surface area (Å²) < 4.78 is 7.52. The molecule has 2 aromatic heterocycles. The molecule has 114 valence electrons. The smallest absolute Gasteiger partial charge is 0.247 e. The Morgan fingerprint density at radius 2 is 2.00 bits per heavy atom. The molecule has 0 aliphatic rings. The first-order valence-corrected chi connectivity index (χ1v) is 7.79. The lowest BCUT2D eigenvalue weighted by Gasteiger charge is -2.01. The van der Waals surface area contributed by atoms with Crippen molar-refractivity contribution in [1.29, 1.82) is 0 Å². The molecule has 0 unspecified atom stereocenters. The van der Waals surface area contributed by atoms with Crippen LogP contribution in [-0.4, -0.2) is 24.9 Å². The second-order valence-corrected chi connectivity index (χ2v) is 5.85. The van der Waals surface area contributed by atoms with E-state index in [1.54, 1.807) is 6.20 Å². The van der Waals surface area contributed by atoms with Gasteiger partial charge in [0.1, 0.15) is 0 Å². The number of imidazole rings is 1. The maximum atomic E-state index is 9.15. The number of aromatic nitrogens is 4. The SMILES string of the molecule is Cc1ccc(-c2nnc(CSc3ncc(CO)n3C)o2)cc1. The summed E-state index contributed by atoms with van der Waals surface area (Å²) in [5, 5.41) is 18.1. The second-order valence-electron chi connectivity index (χ2n) is 4.90. The minimum Gasteiger partial charge on any atom is -0.420 e. The van der Waals surface area contributed by atoms with Crippen LogP contribution in [0.5, 0.6) is 0 Å². The molecule has 3 aromatic rings. The second kappa shape index (κ2) is 6.33. The topological polar surface area (TPSA) is 77.0 Å². The molecule has 0 spiro atoms. The average molecular weight is 316 g/mol. The maximum absolute atomic E-state index is 9.15. The van der Waals surface area contributed by atoms with E-state index >= 15 is 0 Å². The normalized spacial score (nSPS) is 11.0. The van der Waals surface area contributed by atoms with E-state index in [4.69, 9.17) is 9.52 Å². The van der Waals surface area contributed by atoms with Gasteiger partial charge in [-0.3, -0.25) is 0 Å². The fourth-order valence-corrected chi connectivity index (χ4v) is 2.77. The number of aryl methyl sites for hydroxylation is 1. The molecular weight excluding hydrogens is 300 g/mol. The highest BCUT2D eigenvalue weighted by Crippen LogP contribution is 2.24. The van der Waals surface area contributed by atoms with Gasteiger partial charge in [-0.1, -0.05) is 29.5 Å². The first kappa shape index (κ1) is 14.8. The van der Waals surface area contributed by atoms with Crippen molar-refractivity contribution in [3.63, 3.8) is 0 Å². The van der Waals surface area contributed by atoms with Gasteiger partial charge in [0.05, 0.1) is 24.3 Å². The number of nitrogens with zero attached hydrogens (tertiary/aromatic N) is 4.